The molecular formula is C22H27N3O5S. The number of ether oxygens (including phenoxy) is 1. The molecule has 0 atom stereocenters. The number of rotatable bonds is 7. The zero-order valence-electron chi connectivity index (χ0n) is 17.7. The lowest BCUT2D eigenvalue weighted by Gasteiger charge is -2.27. The van der Waals surface area contributed by atoms with E-state index in [9.17, 15) is 18.0 Å². The molecule has 1 saturated heterocycles. The summed E-state index contributed by atoms with van der Waals surface area (Å²) in [6.07, 6.45) is 2.96. The molecule has 0 spiro atoms. The minimum Gasteiger partial charge on any atom is -0.496 e. The molecule has 0 aliphatic carbocycles. The Hall–Kier alpha value is -3.07. The van der Waals surface area contributed by atoms with E-state index in [1.807, 2.05) is 0 Å². The van der Waals surface area contributed by atoms with Crippen LogP contribution in [0.15, 0.2) is 47.4 Å². The average Bonchev–Trinajstić information content (AvgIpc) is 2.79. The summed E-state index contributed by atoms with van der Waals surface area (Å²) >= 11 is 0. The third-order valence-electron chi connectivity index (χ3n) is 5.11. The normalized spacial score (nSPS) is 14.1. The van der Waals surface area contributed by atoms with Gasteiger partial charge in [0.1, 0.15) is 5.75 Å². The Morgan fingerprint density at radius 2 is 1.74 bits per heavy atom. The molecule has 8 nitrogen and oxygen atoms in total. The second-order valence-corrected chi connectivity index (χ2v) is 8.91. The van der Waals surface area contributed by atoms with Crippen LogP contribution in [0.25, 0.3) is 0 Å². The van der Waals surface area contributed by atoms with Crippen molar-refractivity contribution >= 4 is 27.5 Å². The summed E-state index contributed by atoms with van der Waals surface area (Å²) < 4.78 is 33.9. The highest BCUT2D eigenvalue weighted by atomic mass is 32.2. The number of benzene rings is 2. The summed E-state index contributed by atoms with van der Waals surface area (Å²) in [4.78, 5) is 26.9. The van der Waals surface area contributed by atoms with Crippen LogP contribution in [0.3, 0.4) is 0 Å². The number of likely N-dealkylation sites (tertiary alicyclic amines) is 1. The first-order valence-corrected chi connectivity index (χ1v) is 11.7. The number of methoxy groups -OCH3 is 1. The van der Waals surface area contributed by atoms with E-state index >= 15 is 0 Å². The SMILES string of the molecule is CCNC(=O)c1cc(S(=O)(=O)Nc2ccccc2C(=O)N2CCCCC2)ccc1OC. The zero-order chi connectivity index (χ0) is 22.4. The molecule has 9 heteroatoms. The number of amides is 2. The number of piperidine rings is 1. The van der Waals surface area contributed by atoms with Crippen molar-refractivity contribution in [1.29, 1.82) is 0 Å². The van der Waals surface area contributed by atoms with E-state index < -0.39 is 15.9 Å². The molecule has 31 heavy (non-hydrogen) atoms. The molecule has 1 heterocycles. The number of nitrogens with one attached hydrogen (secondary N) is 2. The van der Waals surface area contributed by atoms with Crippen molar-refractivity contribution in [3.8, 4) is 5.75 Å². The molecular weight excluding hydrogens is 418 g/mol. The van der Waals surface area contributed by atoms with Gasteiger partial charge in [-0.05, 0) is 56.5 Å². The first kappa shape index (κ1) is 22.6. The van der Waals surface area contributed by atoms with Gasteiger partial charge in [0.15, 0.2) is 0 Å². The molecule has 3 rings (SSSR count). The smallest absolute Gasteiger partial charge is 0.261 e. The Kier molecular flexibility index (Phi) is 7.17. The number of carbonyl (C=O) groups is 2. The van der Waals surface area contributed by atoms with E-state index in [0.717, 1.165) is 19.3 Å². The Bertz CT molecular complexity index is 1060. The molecule has 0 saturated carbocycles. The van der Waals surface area contributed by atoms with Crippen molar-refractivity contribution in [2.75, 3.05) is 31.5 Å². The van der Waals surface area contributed by atoms with Crippen molar-refractivity contribution in [2.45, 2.75) is 31.1 Å². The first-order chi connectivity index (χ1) is 14.9. The van der Waals surface area contributed by atoms with Crippen LogP contribution < -0.4 is 14.8 Å². The van der Waals surface area contributed by atoms with Crippen molar-refractivity contribution < 1.29 is 22.7 Å². The number of anilines is 1. The molecule has 2 N–H and O–H groups in total. The van der Waals surface area contributed by atoms with Gasteiger partial charge in [-0.15, -0.1) is 0 Å². The van der Waals surface area contributed by atoms with Crippen LogP contribution in [0.1, 0.15) is 46.9 Å². The first-order valence-electron chi connectivity index (χ1n) is 10.2. The minimum atomic E-state index is -4.05. The van der Waals surface area contributed by atoms with E-state index in [1.54, 1.807) is 36.1 Å². The van der Waals surface area contributed by atoms with Crippen molar-refractivity contribution in [3.63, 3.8) is 0 Å². The predicted molar refractivity (Wildman–Crippen MR) is 118 cm³/mol. The molecule has 0 aromatic heterocycles. The summed E-state index contributed by atoms with van der Waals surface area (Å²) in [6, 6.07) is 10.6. The average molecular weight is 446 g/mol. The van der Waals surface area contributed by atoms with Gasteiger partial charge in [-0.25, -0.2) is 8.42 Å². The van der Waals surface area contributed by atoms with Crippen molar-refractivity contribution in [1.82, 2.24) is 10.2 Å². The fraction of sp³-hybridized carbons (Fsp3) is 0.364. The molecule has 1 aliphatic rings. The highest BCUT2D eigenvalue weighted by molar-refractivity contribution is 7.92. The Morgan fingerprint density at radius 3 is 2.42 bits per heavy atom. The molecule has 0 radical (unpaired) electrons. The van der Waals surface area contributed by atoms with Crippen LogP contribution in [0, 0.1) is 0 Å². The van der Waals surface area contributed by atoms with Gasteiger partial charge >= 0.3 is 0 Å². The van der Waals surface area contributed by atoms with Crippen molar-refractivity contribution in [2.24, 2.45) is 0 Å². The van der Waals surface area contributed by atoms with E-state index in [2.05, 4.69) is 10.0 Å². The fourth-order valence-electron chi connectivity index (χ4n) is 3.52. The highest BCUT2D eigenvalue weighted by Crippen LogP contribution is 2.26. The number of carbonyl (C=O) groups excluding carboxylic acids is 2. The van der Waals surface area contributed by atoms with E-state index in [1.165, 1.54) is 25.3 Å². The molecule has 2 amide bonds. The van der Waals surface area contributed by atoms with Crippen LogP contribution in [-0.4, -0.2) is 51.9 Å². The highest BCUT2D eigenvalue weighted by Gasteiger charge is 2.24. The molecule has 0 bridgehead atoms. The lowest BCUT2D eigenvalue weighted by Crippen LogP contribution is -2.36. The standard InChI is InChI=1S/C22H27N3O5S/c1-3-23-21(26)18-15-16(11-12-20(18)30-2)31(28,29)24-19-10-6-5-9-17(19)22(27)25-13-7-4-8-14-25/h5-6,9-12,15,24H,3-4,7-8,13-14H2,1-2H3,(H,23,26). The number of hydrogen-bond donors (Lipinski definition) is 2. The number of hydrogen-bond acceptors (Lipinski definition) is 5. The van der Waals surface area contributed by atoms with Gasteiger partial charge in [0, 0.05) is 19.6 Å². The second kappa shape index (κ2) is 9.82. The molecule has 1 fully saturated rings. The number of sulfonamides is 1. The summed E-state index contributed by atoms with van der Waals surface area (Å²) in [7, 11) is -2.64. The second-order valence-electron chi connectivity index (χ2n) is 7.23. The fourth-order valence-corrected chi connectivity index (χ4v) is 4.62. The third-order valence-corrected chi connectivity index (χ3v) is 6.47. The topological polar surface area (TPSA) is 105 Å². The summed E-state index contributed by atoms with van der Waals surface area (Å²) in [5.74, 6) is -0.363. The monoisotopic (exact) mass is 445 g/mol. The third kappa shape index (κ3) is 5.16. The number of nitrogens with zero attached hydrogens (tertiary/aromatic N) is 1. The van der Waals surface area contributed by atoms with Crippen molar-refractivity contribution in [3.05, 3.63) is 53.6 Å². The van der Waals surface area contributed by atoms with Gasteiger partial charge in [-0.1, -0.05) is 12.1 Å². The summed E-state index contributed by atoms with van der Waals surface area (Å²) in [5.41, 5.74) is 0.615. The van der Waals surface area contributed by atoms with Gasteiger partial charge in [-0.2, -0.15) is 0 Å². The van der Waals surface area contributed by atoms with Crippen LogP contribution in [0.2, 0.25) is 0 Å². The molecule has 2 aromatic rings. The lowest BCUT2D eigenvalue weighted by molar-refractivity contribution is 0.0725. The minimum absolute atomic E-state index is 0.102. The zero-order valence-corrected chi connectivity index (χ0v) is 18.5. The van der Waals surface area contributed by atoms with Gasteiger partial charge in [0.25, 0.3) is 21.8 Å². The van der Waals surface area contributed by atoms with Crippen LogP contribution in [0.5, 0.6) is 5.75 Å². The van der Waals surface area contributed by atoms with Crippen LogP contribution in [0.4, 0.5) is 5.69 Å². The molecule has 0 unspecified atom stereocenters. The maximum atomic E-state index is 13.1. The molecule has 166 valence electrons. The number of para-hydroxylation sites is 1. The lowest BCUT2D eigenvalue weighted by atomic mass is 10.1. The maximum absolute atomic E-state index is 13.1. The van der Waals surface area contributed by atoms with E-state index in [0.29, 0.717) is 25.2 Å². The Balaban J connectivity index is 1.92. The van der Waals surface area contributed by atoms with Crippen LogP contribution >= 0.6 is 0 Å². The van der Waals surface area contributed by atoms with E-state index in [-0.39, 0.29) is 27.8 Å². The van der Waals surface area contributed by atoms with Gasteiger partial charge in [0.2, 0.25) is 0 Å². The maximum Gasteiger partial charge on any atom is 0.261 e. The van der Waals surface area contributed by atoms with E-state index in [4.69, 9.17) is 4.74 Å². The predicted octanol–water partition coefficient (Wildman–Crippen LogP) is 2.87. The quantitative estimate of drug-likeness (QED) is 0.682. The summed E-state index contributed by atoms with van der Waals surface area (Å²) in [5, 5.41) is 2.64. The molecule has 1 aliphatic heterocycles. The van der Waals surface area contributed by atoms with Gasteiger partial charge < -0.3 is 15.0 Å². The summed E-state index contributed by atoms with van der Waals surface area (Å²) in [6.45, 7) is 3.48. The van der Waals surface area contributed by atoms with Gasteiger partial charge in [0.05, 0.1) is 28.8 Å². The van der Waals surface area contributed by atoms with Crippen LogP contribution in [-0.2, 0) is 10.0 Å². The van der Waals surface area contributed by atoms with Gasteiger partial charge in [-0.3, -0.25) is 14.3 Å². The largest absolute Gasteiger partial charge is 0.496 e. The Morgan fingerprint density at radius 1 is 1.03 bits per heavy atom. The molecule has 2 aromatic carbocycles. The Labute approximate surface area is 182 Å².